The van der Waals surface area contributed by atoms with E-state index < -0.39 is 0 Å². The normalized spacial score (nSPS) is 12.6. The molecule has 25 heavy (non-hydrogen) atoms. The fraction of sp³-hybridized carbons (Fsp3) is 0.200. The summed E-state index contributed by atoms with van der Waals surface area (Å²) in [7, 11) is 1.78. The van der Waals surface area contributed by atoms with Crippen LogP contribution in [0.3, 0.4) is 0 Å². The van der Waals surface area contributed by atoms with Crippen molar-refractivity contribution in [3.05, 3.63) is 69.8 Å². The number of aromatic nitrogens is 1. The number of rotatable bonds is 4. The van der Waals surface area contributed by atoms with Gasteiger partial charge in [0, 0.05) is 18.0 Å². The molecule has 1 heterocycles. The van der Waals surface area contributed by atoms with Gasteiger partial charge in [0.15, 0.2) is 0 Å². The summed E-state index contributed by atoms with van der Waals surface area (Å²) in [5.41, 5.74) is 5.31. The zero-order valence-electron chi connectivity index (χ0n) is 14.6. The maximum atomic E-state index is 9.51. The second kappa shape index (κ2) is 7.49. The molecule has 0 atom stereocenters. The molecular weight excluding hydrogens is 330 g/mol. The van der Waals surface area contributed by atoms with E-state index in [1.54, 1.807) is 30.5 Å². The number of hydrogen-bond acceptors (Lipinski definition) is 4. The van der Waals surface area contributed by atoms with Gasteiger partial charge in [-0.3, -0.25) is 4.99 Å². The molecule has 2 aromatic carbocycles. The van der Waals surface area contributed by atoms with Crippen molar-refractivity contribution >= 4 is 17.0 Å². The first-order valence-corrected chi connectivity index (χ1v) is 9.08. The summed E-state index contributed by atoms with van der Waals surface area (Å²) < 4.78 is 1.90. The first kappa shape index (κ1) is 17.2. The van der Waals surface area contributed by atoms with Gasteiger partial charge in [0.1, 0.15) is 5.75 Å². The van der Waals surface area contributed by atoms with Gasteiger partial charge < -0.3 is 5.11 Å². The number of hydrogen-bond donors (Lipinski definition) is 1. The van der Waals surface area contributed by atoms with Crippen molar-refractivity contribution in [3.8, 4) is 17.0 Å². The predicted octanol–water partition coefficient (Wildman–Crippen LogP) is 4.42. The minimum atomic E-state index is 0.256. The average Bonchev–Trinajstić information content (AvgIpc) is 3.04. The van der Waals surface area contributed by atoms with Crippen LogP contribution in [0, 0.1) is 6.92 Å². The van der Waals surface area contributed by atoms with Crippen LogP contribution in [0.5, 0.6) is 5.75 Å². The van der Waals surface area contributed by atoms with Crippen molar-refractivity contribution < 1.29 is 5.11 Å². The molecule has 0 aliphatic rings. The van der Waals surface area contributed by atoms with Crippen molar-refractivity contribution in [2.75, 3.05) is 7.05 Å². The Labute approximate surface area is 151 Å². The molecule has 1 N–H and O–H groups in total. The van der Waals surface area contributed by atoms with Crippen LogP contribution < -0.4 is 4.80 Å². The molecule has 0 saturated heterocycles. The van der Waals surface area contributed by atoms with E-state index in [2.05, 4.69) is 48.5 Å². The Kier molecular flexibility index (Phi) is 5.14. The number of phenols is 1. The van der Waals surface area contributed by atoms with Crippen molar-refractivity contribution in [3.63, 3.8) is 0 Å². The lowest BCUT2D eigenvalue weighted by molar-refractivity contribution is 0.475. The summed E-state index contributed by atoms with van der Waals surface area (Å²) >= 11 is 1.57. The Morgan fingerprint density at radius 3 is 2.36 bits per heavy atom. The zero-order valence-corrected chi connectivity index (χ0v) is 15.4. The molecule has 0 radical (unpaired) electrons. The summed E-state index contributed by atoms with van der Waals surface area (Å²) in [6.07, 6.45) is 0.782. The van der Waals surface area contributed by atoms with Crippen molar-refractivity contribution in [1.29, 1.82) is 0 Å². The fourth-order valence-electron chi connectivity index (χ4n) is 2.58. The zero-order chi connectivity index (χ0) is 17.8. The monoisotopic (exact) mass is 351 g/mol. The van der Waals surface area contributed by atoms with Gasteiger partial charge in [-0.1, -0.05) is 36.8 Å². The van der Waals surface area contributed by atoms with Gasteiger partial charge in [0.25, 0.3) is 0 Å². The fourth-order valence-corrected chi connectivity index (χ4v) is 3.37. The summed E-state index contributed by atoms with van der Waals surface area (Å²) in [5, 5.41) is 16.5. The minimum absolute atomic E-state index is 0.256. The quantitative estimate of drug-likeness (QED) is 0.695. The molecule has 0 spiro atoms. The van der Waals surface area contributed by atoms with E-state index in [0.29, 0.717) is 0 Å². The summed E-state index contributed by atoms with van der Waals surface area (Å²) in [6.45, 7) is 4.16. The number of benzene rings is 2. The van der Waals surface area contributed by atoms with Crippen LogP contribution in [0.4, 0.5) is 0 Å². The SMILES string of the molecule is CCC(=Nn1c(-c2ccc(C)cc2)csc1=NC)c1ccc(O)cc1. The minimum Gasteiger partial charge on any atom is -0.508 e. The number of nitrogens with zero attached hydrogens (tertiary/aromatic N) is 3. The Morgan fingerprint density at radius 1 is 1.08 bits per heavy atom. The highest BCUT2D eigenvalue weighted by molar-refractivity contribution is 7.07. The van der Waals surface area contributed by atoms with Gasteiger partial charge >= 0.3 is 0 Å². The van der Waals surface area contributed by atoms with Crippen molar-refractivity contribution in [1.82, 2.24) is 4.68 Å². The molecule has 3 rings (SSSR count). The van der Waals surface area contributed by atoms with Crippen LogP contribution >= 0.6 is 11.3 Å². The van der Waals surface area contributed by atoms with Crippen LogP contribution in [0.1, 0.15) is 24.5 Å². The third kappa shape index (κ3) is 3.72. The molecular formula is C20H21N3OS. The Bertz CT molecular complexity index is 948. The number of phenolic OH excluding ortho intramolecular Hbond substituents is 1. The van der Waals surface area contributed by atoms with Gasteiger partial charge in [0.2, 0.25) is 4.80 Å². The molecule has 0 unspecified atom stereocenters. The van der Waals surface area contributed by atoms with Gasteiger partial charge in [-0.25, -0.2) is 4.68 Å². The molecule has 0 bridgehead atoms. The van der Waals surface area contributed by atoms with Crippen LogP contribution in [0.25, 0.3) is 11.3 Å². The van der Waals surface area contributed by atoms with E-state index in [-0.39, 0.29) is 5.75 Å². The second-order valence-electron chi connectivity index (χ2n) is 5.75. The van der Waals surface area contributed by atoms with E-state index in [0.717, 1.165) is 33.8 Å². The lowest BCUT2D eigenvalue weighted by Gasteiger charge is -2.08. The molecule has 0 saturated carbocycles. The first-order chi connectivity index (χ1) is 12.1. The highest BCUT2D eigenvalue weighted by atomic mass is 32.1. The van der Waals surface area contributed by atoms with E-state index >= 15 is 0 Å². The van der Waals surface area contributed by atoms with E-state index in [9.17, 15) is 5.11 Å². The molecule has 5 heteroatoms. The van der Waals surface area contributed by atoms with E-state index in [4.69, 9.17) is 5.10 Å². The van der Waals surface area contributed by atoms with E-state index in [1.807, 2.05) is 16.8 Å². The molecule has 4 nitrogen and oxygen atoms in total. The topological polar surface area (TPSA) is 49.9 Å². The molecule has 0 aliphatic heterocycles. The van der Waals surface area contributed by atoms with Gasteiger partial charge in [-0.15, -0.1) is 11.3 Å². The molecule has 3 aromatic rings. The maximum absolute atomic E-state index is 9.51. The number of aryl methyl sites for hydroxylation is 1. The van der Waals surface area contributed by atoms with Crippen LogP contribution in [-0.2, 0) is 0 Å². The molecule has 0 fully saturated rings. The first-order valence-electron chi connectivity index (χ1n) is 8.20. The van der Waals surface area contributed by atoms with Gasteiger partial charge in [-0.2, -0.15) is 5.10 Å². The molecule has 128 valence electrons. The Morgan fingerprint density at radius 2 is 1.76 bits per heavy atom. The highest BCUT2D eigenvalue weighted by Crippen LogP contribution is 2.21. The molecule has 0 amide bonds. The molecule has 0 aliphatic carbocycles. The Hall–Kier alpha value is -2.66. The number of aromatic hydroxyl groups is 1. The standard InChI is InChI=1S/C20H21N3OS/c1-4-18(15-9-11-17(24)12-10-15)22-23-19(13-25-20(23)21-3)16-7-5-14(2)6-8-16/h5-13,24H,4H2,1-3H3. The third-order valence-electron chi connectivity index (χ3n) is 3.98. The largest absolute Gasteiger partial charge is 0.508 e. The number of thiazole rings is 1. The summed E-state index contributed by atoms with van der Waals surface area (Å²) in [6, 6.07) is 15.6. The van der Waals surface area contributed by atoms with Crippen LogP contribution in [0.2, 0.25) is 0 Å². The average molecular weight is 351 g/mol. The summed E-state index contributed by atoms with van der Waals surface area (Å²) in [5.74, 6) is 0.256. The highest BCUT2D eigenvalue weighted by Gasteiger charge is 2.09. The smallest absolute Gasteiger partial charge is 0.205 e. The van der Waals surface area contributed by atoms with Gasteiger partial charge in [-0.05, 0) is 43.2 Å². The van der Waals surface area contributed by atoms with Crippen LogP contribution in [0.15, 0.2) is 64.0 Å². The van der Waals surface area contributed by atoms with Crippen molar-refractivity contribution in [2.45, 2.75) is 20.3 Å². The maximum Gasteiger partial charge on any atom is 0.205 e. The predicted molar refractivity (Wildman–Crippen MR) is 104 cm³/mol. The molecule has 1 aromatic heterocycles. The Balaban J connectivity index is 2.13. The van der Waals surface area contributed by atoms with Crippen molar-refractivity contribution in [2.24, 2.45) is 10.1 Å². The van der Waals surface area contributed by atoms with Crippen LogP contribution in [-0.4, -0.2) is 22.5 Å². The lowest BCUT2D eigenvalue weighted by Crippen LogP contribution is -2.14. The lowest BCUT2D eigenvalue weighted by atomic mass is 10.1. The van der Waals surface area contributed by atoms with E-state index in [1.165, 1.54) is 5.56 Å². The second-order valence-corrected chi connectivity index (χ2v) is 6.59. The third-order valence-corrected chi connectivity index (χ3v) is 4.89. The van der Waals surface area contributed by atoms with Gasteiger partial charge in [0.05, 0.1) is 11.4 Å². The summed E-state index contributed by atoms with van der Waals surface area (Å²) in [4.78, 5) is 5.21.